The van der Waals surface area contributed by atoms with Gasteiger partial charge < -0.3 is 4.90 Å². The molecule has 0 aromatic heterocycles. The molecule has 0 spiro atoms. The van der Waals surface area contributed by atoms with Crippen LogP contribution in [0.5, 0.6) is 0 Å². The van der Waals surface area contributed by atoms with Gasteiger partial charge in [-0.2, -0.15) is 10.5 Å². The van der Waals surface area contributed by atoms with Crippen LogP contribution in [0.15, 0.2) is 66.7 Å². The molecule has 0 bridgehead atoms. The molecule has 0 amide bonds. The first kappa shape index (κ1) is 21.2. The fraction of sp³-hybridized carbons (Fsp3) is 0.200. The number of benzene rings is 3. The van der Waals surface area contributed by atoms with Gasteiger partial charge in [-0.1, -0.05) is 47.5 Å². The Labute approximate surface area is 192 Å². The highest BCUT2D eigenvalue weighted by Crippen LogP contribution is 2.36. The molecule has 154 valence electrons. The van der Waals surface area contributed by atoms with Gasteiger partial charge in [0.15, 0.2) is 0 Å². The highest BCUT2D eigenvalue weighted by molar-refractivity contribution is 6.33. The third-order valence-electron chi connectivity index (χ3n) is 5.59. The second-order valence-corrected chi connectivity index (χ2v) is 8.43. The summed E-state index contributed by atoms with van der Waals surface area (Å²) >= 11 is 12.7. The number of rotatable bonds is 4. The molecule has 31 heavy (non-hydrogen) atoms. The van der Waals surface area contributed by atoms with Gasteiger partial charge in [-0.3, -0.25) is 4.90 Å². The molecule has 4 rings (SSSR count). The maximum atomic E-state index is 9.17. The van der Waals surface area contributed by atoms with Crippen LogP contribution in [0.25, 0.3) is 0 Å². The summed E-state index contributed by atoms with van der Waals surface area (Å²) in [5.74, 6) is 0. The molecular weight excluding hydrogens is 427 g/mol. The van der Waals surface area contributed by atoms with E-state index >= 15 is 0 Å². The number of nitrogens with zero attached hydrogens (tertiary/aromatic N) is 4. The van der Waals surface area contributed by atoms with Crippen LogP contribution in [0.2, 0.25) is 10.0 Å². The van der Waals surface area contributed by atoms with Crippen molar-refractivity contribution in [2.24, 2.45) is 0 Å². The van der Waals surface area contributed by atoms with E-state index in [0.29, 0.717) is 21.2 Å². The number of nitriles is 2. The van der Waals surface area contributed by atoms with Crippen molar-refractivity contribution in [2.75, 3.05) is 24.5 Å². The predicted molar refractivity (Wildman–Crippen MR) is 124 cm³/mol. The van der Waals surface area contributed by atoms with Gasteiger partial charge >= 0.3 is 0 Å². The lowest BCUT2D eigenvalue weighted by Gasteiger charge is -2.43. The maximum Gasteiger partial charge on any atom is 0.0992 e. The lowest BCUT2D eigenvalue weighted by Crippen LogP contribution is -2.48. The second-order valence-electron chi connectivity index (χ2n) is 7.58. The Morgan fingerprint density at radius 1 is 0.839 bits per heavy atom. The average molecular weight is 447 g/mol. The van der Waals surface area contributed by atoms with Gasteiger partial charge in [0.1, 0.15) is 0 Å². The number of halogens is 2. The lowest BCUT2D eigenvalue weighted by atomic mass is 10.0. The highest BCUT2D eigenvalue weighted by atomic mass is 35.5. The van der Waals surface area contributed by atoms with Crippen LogP contribution in [-0.2, 0) is 6.54 Å². The Kier molecular flexibility index (Phi) is 6.44. The van der Waals surface area contributed by atoms with Crippen LogP contribution < -0.4 is 4.90 Å². The molecule has 0 saturated carbocycles. The molecule has 0 unspecified atom stereocenters. The zero-order valence-electron chi connectivity index (χ0n) is 16.8. The Balaban J connectivity index is 1.61. The molecule has 4 nitrogen and oxygen atoms in total. The van der Waals surface area contributed by atoms with E-state index in [4.69, 9.17) is 33.7 Å². The summed E-state index contributed by atoms with van der Waals surface area (Å²) in [6, 6.07) is 25.5. The van der Waals surface area contributed by atoms with E-state index in [1.54, 1.807) is 6.07 Å². The molecule has 3 aromatic carbocycles. The van der Waals surface area contributed by atoms with Crippen molar-refractivity contribution in [3.05, 3.63) is 99.0 Å². The van der Waals surface area contributed by atoms with Crippen LogP contribution in [-0.4, -0.2) is 24.5 Å². The molecule has 0 radical (unpaired) electrons. The van der Waals surface area contributed by atoms with Crippen LogP contribution in [0.1, 0.15) is 28.3 Å². The summed E-state index contributed by atoms with van der Waals surface area (Å²) in [6.07, 6.45) is 0. The molecule has 1 atom stereocenters. The predicted octanol–water partition coefficient (Wildman–Crippen LogP) is 5.80. The van der Waals surface area contributed by atoms with E-state index in [1.807, 2.05) is 48.5 Å². The summed E-state index contributed by atoms with van der Waals surface area (Å²) in [7, 11) is 0. The van der Waals surface area contributed by atoms with Crippen molar-refractivity contribution in [3.63, 3.8) is 0 Å². The first-order valence-corrected chi connectivity index (χ1v) is 10.8. The largest absolute Gasteiger partial charge is 0.361 e. The molecule has 1 fully saturated rings. The Hall–Kier alpha value is -3.02. The first-order valence-electron chi connectivity index (χ1n) is 10.0. The van der Waals surface area contributed by atoms with Gasteiger partial charge in [0.2, 0.25) is 0 Å². The van der Waals surface area contributed by atoms with Crippen molar-refractivity contribution >= 4 is 28.9 Å². The van der Waals surface area contributed by atoms with Crippen molar-refractivity contribution < 1.29 is 0 Å². The van der Waals surface area contributed by atoms with Gasteiger partial charge in [0.05, 0.1) is 40.0 Å². The SMILES string of the molecule is N#Cc1ccc(CN2CCN(c3ccc(C#N)cc3Cl)[C@@H](c3ccc(Cl)cc3)C2)cc1. The Morgan fingerprint density at radius 3 is 2.16 bits per heavy atom. The van der Waals surface area contributed by atoms with Crippen molar-refractivity contribution in [2.45, 2.75) is 12.6 Å². The summed E-state index contributed by atoms with van der Waals surface area (Å²) in [4.78, 5) is 4.72. The van der Waals surface area contributed by atoms with Gasteiger partial charge in [0, 0.05) is 31.2 Å². The van der Waals surface area contributed by atoms with Crippen LogP contribution in [0, 0.1) is 22.7 Å². The normalized spacial score (nSPS) is 16.5. The molecular formula is C25H20Cl2N4. The number of hydrogen-bond acceptors (Lipinski definition) is 4. The van der Waals surface area contributed by atoms with E-state index in [0.717, 1.165) is 37.4 Å². The molecule has 0 aliphatic carbocycles. The number of anilines is 1. The number of hydrogen-bond donors (Lipinski definition) is 0. The lowest BCUT2D eigenvalue weighted by molar-refractivity contribution is 0.215. The van der Waals surface area contributed by atoms with Crippen molar-refractivity contribution in [1.29, 1.82) is 10.5 Å². The first-order chi connectivity index (χ1) is 15.1. The average Bonchev–Trinajstić information content (AvgIpc) is 2.80. The Bertz CT molecular complexity index is 1140. The molecule has 1 aliphatic heterocycles. The van der Waals surface area contributed by atoms with Gasteiger partial charge in [-0.25, -0.2) is 0 Å². The third kappa shape index (κ3) is 4.84. The monoisotopic (exact) mass is 446 g/mol. The van der Waals surface area contributed by atoms with E-state index in [9.17, 15) is 0 Å². The second kappa shape index (κ2) is 9.41. The number of piperazine rings is 1. The van der Waals surface area contributed by atoms with Gasteiger partial charge in [-0.15, -0.1) is 0 Å². The fourth-order valence-corrected chi connectivity index (χ4v) is 4.41. The summed E-state index contributed by atoms with van der Waals surface area (Å²) in [5.41, 5.74) is 4.49. The van der Waals surface area contributed by atoms with Crippen LogP contribution in [0.3, 0.4) is 0 Å². The van der Waals surface area contributed by atoms with Crippen molar-refractivity contribution in [3.8, 4) is 12.1 Å². The van der Waals surface area contributed by atoms with E-state index in [1.165, 1.54) is 5.56 Å². The molecule has 0 N–H and O–H groups in total. The summed E-state index contributed by atoms with van der Waals surface area (Å²) < 4.78 is 0. The Morgan fingerprint density at radius 2 is 1.52 bits per heavy atom. The fourth-order valence-electron chi connectivity index (χ4n) is 3.99. The summed E-state index contributed by atoms with van der Waals surface area (Å²) in [5, 5.41) is 19.5. The molecule has 6 heteroatoms. The zero-order valence-corrected chi connectivity index (χ0v) is 18.3. The zero-order chi connectivity index (χ0) is 21.8. The minimum Gasteiger partial charge on any atom is -0.361 e. The topological polar surface area (TPSA) is 54.1 Å². The van der Waals surface area contributed by atoms with Crippen LogP contribution >= 0.6 is 23.2 Å². The van der Waals surface area contributed by atoms with Crippen LogP contribution in [0.4, 0.5) is 5.69 Å². The third-order valence-corrected chi connectivity index (χ3v) is 6.15. The van der Waals surface area contributed by atoms with E-state index in [-0.39, 0.29) is 6.04 Å². The minimum atomic E-state index is 0.0924. The minimum absolute atomic E-state index is 0.0924. The van der Waals surface area contributed by atoms with E-state index < -0.39 is 0 Å². The van der Waals surface area contributed by atoms with Gasteiger partial charge in [-0.05, 0) is 53.6 Å². The molecule has 1 aliphatic rings. The smallest absolute Gasteiger partial charge is 0.0992 e. The van der Waals surface area contributed by atoms with Gasteiger partial charge in [0.25, 0.3) is 0 Å². The standard InChI is InChI=1S/C25H20Cl2N4/c26-22-8-6-21(7-9-22)25-17-30(16-19-3-1-18(14-28)2-4-19)11-12-31(25)24-10-5-20(15-29)13-23(24)27/h1-10,13,25H,11-12,16-17H2/t25-/m1/s1. The molecule has 3 aromatic rings. The molecule has 1 saturated heterocycles. The van der Waals surface area contributed by atoms with Crippen molar-refractivity contribution in [1.82, 2.24) is 4.90 Å². The van der Waals surface area contributed by atoms with E-state index in [2.05, 4.69) is 34.1 Å². The maximum absolute atomic E-state index is 9.17. The highest BCUT2D eigenvalue weighted by Gasteiger charge is 2.29. The quantitative estimate of drug-likeness (QED) is 0.507. The summed E-state index contributed by atoms with van der Waals surface area (Å²) in [6.45, 7) is 3.30. The molecule has 1 heterocycles.